The second-order valence-electron chi connectivity index (χ2n) is 0. The van der Waals surface area contributed by atoms with E-state index in [1.807, 2.05) is 0 Å². The van der Waals surface area contributed by atoms with Gasteiger partial charge in [0.2, 0.25) is 0 Å². The second kappa shape index (κ2) is 28.6. The van der Waals surface area contributed by atoms with Crippen LogP contribution in [0.4, 0.5) is 0 Å². The van der Waals surface area contributed by atoms with E-state index >= 15 is 0 Å². The molecule has 0 nitrogen and oxygen atoms in total. The minimum atomic E-state index is 0. The van der Waals surface area contributed by atoms with Gasteiger partial charge < -0.3 is 0 Å². The van der Waals surface area contributed by atoms with Crippen molar-refractivity contribution < 1.29 is 38.5 Å². The van der Waals surface area contributed by atoms with Crippen LogP contribution in [0.5, 0.6) is 0 Å². The first-order chi connectivity index (χ1) is 0. The van der Waals surface area contributed by atoms with Gasteiger partial charge in [-0.15, -0.1) is 0 Å². The second-order valence-corrected chi connectivity index (χ2v) is 0. The Balaban J connectivity index is 0. The van der Waals surface area contributed by atoms with Gasteiger partial charge in [0.25, 0.3) is 0 Å². The third-order valence-corrected chi connectivity index (χ3v) is 0. The van der Waals surface area contributed by atoms with Crippen LogP contribution in [0.3, 0.4) is 0 Å². The molecule has 0 spiro atoms. The van der Waals surface area contributed by atoms with Crippen LogP contribution < -0.4 is 0 Å². The van der Waals surface area contributed by atoms with Crippen molar-refractivity contribution in [2.24, 2.45) is 0 Å². The molecular formula is CH4CoInSnTi. The van der Waals surface area contributed by atoms with Crippen LogP contribution in [-0.2, 0) is 38.5 Å². The Morgan fingerprint density at radius 2 is 1.00 bits per heavy atom. The molecule has 0 N–H and O–H groups in total. The number of hydrogen-bond donors (Lipinski definition) is 0. The van der Waals surface area contributed by atoms with Crippen molar-refractivity contribution in [3.05, 3.63) is 0 Å². The van der Waals surface area contributed by atoms with Gasteiger partial charge in [-0.2, -0.15) is 0 Å². The first-order valence-electron chi connectivity index (χ1n) is 0. The van der Waals surface area contributed by atoms with Gasteiger partial charge in [-0.05, 0) is 0 Å². The first-order valence-corrected chi connectivity index (χ1v) is 0. The number of rotatable bonds is 0. The third kappa shape index (κ3) is 19.7. The van der Waals surface area contributed by atoms with Gasteiger partial charge >= 0.3 is 0 Å². The molecule has 0 amide bonds. The molecule has 0 aliphatic carbocycles. The Morgan fingerprint density at radius 1 is 1.00 bits per heavy atom. The van der Waals surface area contributed by atoms with Crippen molar-refractivity contribution >= 4 is 49.8 Å². The average Bonchev–Trinajstić information content (AvgIpc) is 0. The van der Waals surface area contributed by atoms with E-state index in [-0.39, 0.29) is 95.7 Å². The molecular weight excluding hydrogens is 352 g/mol. The van der Waals surface area contributed by atoms with Crippen molar-refractivity contribution in [2.75, 3.05) is 0 Å². The zero-order valence-corrected chi connectivity index (χ0v) is 10.7. The molecule has 0 fully saturated rings. The summed E-state index contributed by atoms with van der Waals surface area (Å²) in [6, 6.07) is 0. The molecule has 0 saturated carbocycles. The Kier molecular flexibility index (Phi) is 257. The van der Waals surface area contributed by atoms with Gasteiger partial charge in [0.1, 0.15) is 0 Å². The van der Waals surface area contributed by atoms with Crippen LogP contribution in [-0.4, -0.2) is 49.8 Å². The van der Waals surface area contributed by atoms with E-state index in [9.17, 15) is 0 Å². The van der Waals surface area contributed by atoms with Gasteiger partial charge in [-0.3, -0.25) is 0 Å². The van der Waals surface area contributed by atoms with Crippen LogP contribution in [0.1, 0.15) is 7.43 Å². The summed E-state index contributed by atoms with van der Waals surface area (Å²) < 4.78 is 0. The minimum Gasteiger partial charge on any atom is -0.0776 e. The van der Waals surface area contributed by atoms with E-state index < -0.39 is 0 Å². The molecule has 0 rings (SSSR count). The molecule has 0 saturated heterocycles. The fraction of sp³-hybridized carbons (Fsp3) is 1.00. The molecule has 0 aromatic carbocycles. The molecule has 0 aliphatic heterocycles. The first kappa shape index (κ1) is 44.9. The summed E-state index contributed by atoms with van der Waals surface area (Å²) in [5.41, 5.74) is 0. The third-order valence-electron chi connectivity index (χ3n) is 0. The molecule has 28 valence electrons. The summed E-state index contributed by atoms with van der Waals surface area (Å²) in [5.74, 6) is 0. The molecule has 0 atom stereocenters. The Bertz CT molecular complexity index is 11.6. The van der Waals surface area contributed by atoms with Crippen LogP contribution in [0.25, 0.3) is 0 Å². The van der Waals surface area contributed by atoms with E-state index in [0.717, 1.165) is 0 Å². The largest absolute Gasteiger partial charge is 0.0776 e. The molecule has 0 aromatic heterocycles. The summed E-state index contributed by atoms with van der Waals surface area (Å²) in [7, 11) is 0. The normalized spacial score (nSPS) is 0. The quantitative estimate of drug-likeness (QED) is 0.531. The van der Waals surface area contributed by atoms with Crippen LogP contribution in [0.2, 0.25) is 0 Å². The molecule has 0 bridgehead atoms. The zero-order valence-electron chi connectivity index (χ0n) is 1.91. The van der Waals surface area contributed by atoms with Crippen LogP contribution in [0, 0.1) is 0 Å². The van der Waals surface area contributed by atoms with Gasteiger partial charge in [0.05, 0.1) is 0 Å². The van der Waals surface area contributed by atoms with E-state index in [2.05, 4.69) is 0 Å². The van der Waals surface area contributed by atoms with Crippen molar-refractivity contribution in [3.8, 4) is 0 Å². The van der Waals surface area contributed by atoms with E-state index in [1.165, 1.54) is 0 Å². The SMILES string of the molecule is C.[Co].[In].[Sn].[Ti]. The Hall–Kier alpha value is 2.89. The van der Waals surface area contributed by atoms with Gasteiger partial charge in [0, 0.05) is 88.2 Å². The summed E-state index contributed by atoms with van der Waals surface area (Å²) >= 11 is 0. The molecule has 0 unspecified atom stereocenters. The van der Waals surface area contributed by atoms with Crippen LogP contribution in [0.15, 0.2) is 0 Å². The maximum atomic E-state index is 0. The molecule has 0 aromatic rings. The summed E-state index contributed by atoms with van der Waals surface area (Å²) in [5, 5.41) is 0. The van der Waals surface area contributed by atoms with Crippen molar-refractivity contribution in [1.29, 1.82) is 0 Å². The predicted octanol–water partition coefficient (Wildman–Crippen LogP) is -0.131. The average molecular weight is 356 g/mol. The monoisotopic (exact) mass is 358 g/mol. The summed E-state index contributed by atoms with van der Waals surface area (Å²) in [6.07, 6.45) is 0. The smallest absolute Gasteiger partial charge is 0 e. The maximum absolute atomic E-state index is 0. The fourth-order valence-corrected chi connectivity index (χ4v) is 0. The summed E-state index contributed by atoms with van der Waals surface area (Å²) in [6.45, 7) is 0. The van der Waals surface area contributed by atoms with Gasteiger partial charge in [-0.1, -0.05) is 7.43 Å². The van der Waals surface area contributed by atoms with Gasteiger partial charge in [-0.25, -0.2) is 0 Å². The predicted molar refractivity (Wildman–Crippen MR) is 18.2 cm³/mol. The molecule has 8 radical (unpaired) electrons. The fourth-order valence-electron chi connectivity index (χ4n) is 0. The van der Waals surface area contributed by atoms with E-state index in [0.29, 0.717) is 0 Å². The maximum Gasteiger partial charge on any atom is 0 e. The zero-order chi connectivity index (χ0) is 0. The molecule has 5 heavy (non-hydrogen) atoms. The minimum absolute atomic E-state index is 0. The topological polar surface area (TPSA) is 0 Å². The Morgan fingerprint density at radius 3 is 1.00 bits per heavy atom. The van der Waals surface area contributed by atoms with Crippen molar-refractivity contribution in [2.45, 2.75) is 7.43 Å². The Labute approximate surface area is 94.1 Å². The number of hydrogen-bond acceptors (Lipinski definition) is 0. The molecule has 0 heterocycles. The van der Waals surface area contributed by atoms with Crippen molar-refractivity contribution in [3.63, 3.8) is 0 Å². The molecule has 4 heteroatoms. The standard InChI is InChI=1S/CH4.Co.In.Sn.Ti/h1H4;;;;. The van der Waals surface area contributed by atoms with Gasteiger partial charge in [0.15, 0.2) is 0 Å². The van der Waals surface area contributed by atoms with E-state index in [4.69, 9.17) is 0 Å². The summed E-state index contributed by atoms with van der Waals surface area (Å²) in [4.78, 5) is 0. The van der Waals surface area contributed by atoms with E-state index in [1.54, 1.807) is 0 Å². The van der Waals surface area contributed by atoms with Crippen LogP contribution >= 0.6 is 0 Å². The van der Waals surface area contributed by atoms with Crippen molar-refractivity contribution in [1.82, 2.24) is 0 Å². The molecule has 0 aliphatic rings.